The number of nitrogens with one attached hydrogen (secondary N) is 2. The summed E-state index contributed by atoms with van der Waals surface area (Å²) in [6.07, 6.45) is 0.716. The van der Waals surface area contributed by atoms with Gasteiger partial charge in [-0.25, -0.2) is 22.9 Å². The lowest BCUT2D eigenvalue weighted by molar-refractivity contribution is -0.137. The molecule has 2 heterocycles. The topological polar surface area (TPSA) is 96.7 Å². The molecule has 8 nitrogen and oxygen atoms in total. The van der Waals surface area contributed by atoms with E-state index in [9.17, 15) is 31.5 Å². The van der Waals surface area contributed by atoms with Crippen molar-refractivity contribution in [2.45, 2.75) is 45.9 Å². The number of fused-ring (bicyclic) bond motifs is 1. The van der Waals surface area contributed by atoms with E-state index >= 15 is 0 Å². The number of amides is 1. The minimum absolute atomic E-state index is 0.0585. The first-order valence-electron chi connectivity index (χ1n) is 14.4. The average Bonchev–Trinajstić information content (AvgIpc) is 3.68. The van der Waals surface area contributed by atoms with Crippen LogP contribution in [0.4, 0.5) is 22.0 Å². The maximum atomic E-state index is 14.2. The van der Waals surface area contributed by atoms with Crippen LogP contribution in [0.1, 0.15) is 46.9 Å². The Morgan fingerprint density at radius 2 is 1.50 bits per heavy atom. The molecule has 1 aliphatic rings. The van der Waals surface area contributed by atoms with E-state index in [2.05, 4.69) is 37.4 Å². The Morgan fingerprint density at radius 1 is 0.913 bits per heavy atom. The summed E-state index contributed by atoms with van der Waals surface area (Å²) in [5, 5.41) is 5.67. The summed E-state index contributed by atoms with van der Waals surface area (Å²) in [6.45, 7) is 6.83. The van der Waals surface area contributed by atoms with E-state index in [0.717, 1.165) is 25.9 Å². The molecular weight excluding hydrogens is 611 g/mol. The third kappa shape index (κ3) is 7.60. The summed E-state index contributed by atoms with van der Waals surface area (Å²) < 4.78 is 79.4. The molecule has 0 radical (unpaired) electrons. The van der Waals surface area contributed by atoms with Crippen molar-refractivity contribution >= 4 is 11.9 Å². The fourth-order valence-electron chi connectivity index (χ4n) is 5.19. The van der Waals surface area contributed by atoms with Crippen LogP contribution in [0.3, 0.4) is 0 Å². The van der Waals surface area contributed by atoms with Gasteiger partial charge in [0, 0.05) is 32.7 Å². The zero-order valence-corrected chi connectivity index (χ0v) is 25.0. The second kappa shape index (κ2) is 13.8. The van der Waals surface area contributed by atoms with Crippen LogP contribution in [0.2, 0.25) is 0 Å². The fourth-order valence-corrected chi connectivity index (χ4v) is 5.19. The highest BCUT2D eigenvalue weighted by Crippen LogP contribution is 2.30. The van der Waals surface area contributed by atoms with Crippen LogP contribution in [-0.2, 0) is 30.8 Å². The van der Waals surface area contributed by atoms with Gasteiger partial charge < -0.3 is 14.5 Å². The van der Waals surface area contributed by atoms with Crippen LogP contribution in [-0.4, -0.2) is 40.9 Å². The molecule has 1 aromatic heterocycles. The van der Waals surface area contributed by atoms with Crippen molar-refractivity contribution in [3.8, 4) is 5.75 Å². The molecular formula is C33H31F5N4O4. The van der Waals surface area contributed by atoms with Gasteiger partial charge >= 0.3 is 5.97 Å². The number of benzene rings is 3. The van der Waals surface area contributed by atoms with E-state index in [4.69, 9.17) is 4.42 Å². The van der Waals surface area contributed by atoms with Crippen molar-refractivity contribution in [2.75, 3.05) is 13.1 Å². The minimum Gasteiger partial charge on any atom is -0.448 e. The molecule has 1 atom stereocenters. The van der Waals surface area contributed by atoms with E-state index in [-0.39, 0.29) is 30.0 Å². The van der Waals surface area contributed by atoms with Crippen molar-refractivity contribution < 1.29 is 40.7 Å². The molecule has 242 valence electrons. The predicted octanol–water partition coefficient (Wildman–Crippen LogP) is 5.45. The van der Waals surface area contributed by atoms with Gasteiger partial charge in [0.2, 0.25) is 34.8 Å². The number of aromatic nitrogens is 1. The maximum Gasteiger partial charge on any atom is 0.329 e. The highest BCUT2D eigenvalue weighted by molar-refractivity contribution is 5.92. The van der Waals surface area contributed by atoms with Crippen LogP contribution in [0.25, 0.3) is 0 Å². The van der Waals surface area contributed by atoms with E-state index in [0.29, 0.717) is 12.1 Å². The van der Waals surface area contributed by atoms with Gasteiger partial charge in [0.15, 0.2) is 11.6 Å². The first-order chi connectivity index (χ1) is 21.9. The number of oxazole rings is 1. The molecule has 0 bridgehead atoms. The maximum absolute atomic E-state index is 14.2. The molecule has 2 N–H and O–H groups in total. The summed E-state index contributed by atoms with van der Waals surface area (Å²) >= 11 is 0. The summed E-state index contributed by atoms with van der Waals surface area (Å²) in [6, 6.07) is 15.5. The quantitative estimate of drug-likeness (QED) is 0.0698. The van der Waals surface area contributed by atoms with Crippen LogP contribution in [0, 0.1) is 34.5 Å². The van der Waals surface area contributed by atoms with E-state index in [1.165, 1.54) is 11.1 Å². The second-order valence-electron chi connectivity index (χ2n) is 11.8. The van der Waals surface area contributed by atoms with Gasteiger partial charge in [0.1, 0.15) is 12.3 Å². The van der Waals surface area contributed by atoms with Gasteiger partial charge in [0.05, 0.1) is 6.42 Å². The molecule has 0 fully saturated rings. The van der Waals surface area contributed by atoms with Crippen LogP contribution < -0.4 is 15.4 Å². The number of hydrogen-bond acceptors (Lipinski definition) is 7. The van der Waals surface area contributed by atoms with Crippen molar-refractivity contribution in [1.82, 2.24) is 20.5 Å². The predicted molar refractivity (Wildman–Crippen MR) is 156 cm³/mol. The monoisotopic (exact) mass is 642 g/mol. The zero-order chi connectivity index (χ0) is 33.0. The molecule has 46 heavy (non-hydrogen) atoms. The number of carbonyl (C=O) groups excluding carboxylic acids is 2. The lowest BCUT2D eigenvalue weighted by Crippen LogP contribution is -2.41. The zero-order valence-electron chi connectivity index (χ0n) is 25.0. The van der Waals surface area contributed by atoms with Crippen molar-refractivity contribution in [2.24, 2.45) is 5.41 Å². The Bertz CT molecular complexity index is 1680. The highest BCUT2D eigenvalue weighted by atomic mass is 19.2. The molecule has 5 rings (SSSR count). The summed E-state index contributed by atoms with van der Waals surface area (Å²) in [4.78, 5) is 32.4. The standard InChI is InChI=1S/C33H31F5N4O4/c1-33(2,18-42-14-20-10-6-7-11-21(20)15-42)17-40-31(43)23-16-45-24(41-23)12-22(39-13-19-8-4-3-5-9-19)32(44)46-30-28(37)26(35)25(34)27(36)29(30)38/h3-11,16,22,39H,12-15,17-18H2,1-2H3,(H,40,43). The highest BCUT2D eigenvalue weighted by Gasteiger charge is 2.32. The van der Waals surface area contributed by atoms with Gasteiger partial charge in [0.25, 0.3) is 5.91 Å². The summed E-state index contributed by atoms with van der Waals surface area (Å²) in [5.74, 6) is -15.2. The van der Waals surface area contributed by atoms with Gasteiger partial charge in [-0.2, -0.15) is 8.78 Å². The average molecular weight is 643 g/mol. The normalized spacial score (nSPS) is 13.8. The van der Waals surface area contributed by atoms with Gasteiger partial charge in [-0.1, -0.05) is 68.4 Å². The Balaban J connectivity index is 1.23. The van der Waals surface area contributed by atoms with E-state index < -0.39 is 52.8 Å². The molecule has 1 unspecified atom stereocenters. The summed E-state index contributed by atoms with van der Waals surface area (Å²) in [7, 11) is 0. The number of ether oxygens (including phenoxy) is 1. The largest absolute Gasteiger partial charge is 0.448 e. The molecule has 1 amide bonds. The number of hydrogen-bond donors (Lipinski definition) is 2. The van der Waals surface area contributed by atoms with Crippen LogP contribution >= 0.6 is 0 Å². The van der Waals surface area contributed by atoms with E-state index in [1.807, 2.05) is 26.0 Å². The molecule has 0 spiro atoms. The minimum atomic E-state index is -2.39. The van der Waals surface area contributed by atoms with Crippen molar-refractivity contribution in [3.05, 3.63) is 118 Å². The first-order valence-corrected chi connectivity index (χ1v) is 14.4. The van der Waals surface area contributed by atoms with Gasteiger partial charge in [-0.05, 0) is 22.1 Å². The number of carbonyl (C=O) groups is 2. The summed E-state index contributed by atoms with van der Waals surface area (Å²) in [5.41, 5.74) is 2.92. The third-order valence-corrected chi connectivity index (χ3v) is 7.50. The molecule has 3 aromatic carbocycles. The SMILES string of the molecule is CC(C)(CNC(=O)c1coc(CC(NCc2ccccc2)C(=O)Oc2c(F)c(F)c(F)c(F)c2F)n1)CN1Cc2ccccc2C1. The lowest BCUT2D eigenvalue weighted by atomic mass is 9.92. The van der Waals surface area contributed by atoms with Crippen LogP contribution in [0.15, 0.2) is 65.3 Å². The smallest absolute Gasteiger partial charge is 0.329 e. The number of esters is 1. The second-order valence-corrected chi connectivity index (χ2v) is 11.8. The first kappa shape index (κ1) is 32.8. The van der Waals surface area contributed by atoms with E-state index in [1.54, 1.807) is 30.3 Å². The molecule has 1 aliphatic heterocycles. The van der Waals surface area contributed by atoms with Gasteiger partial charge in [-0.15, -0.1) is 0 Å². The Morgan fingerprint density at radius 3 is 2.13 bits per heavy atom. The molecule has 0 saturated heterocycles. The molecule has 13 heteroatoms. The third-order valence-electron chi connectivity index (χ3n) is 7.50. The molecule has 4 aromatic rings. The van der Waals surface area contributed by atoms with Crippen molar-refractivity contribution in [1.29, 1.82) is 0 Å². The number of rotatable bonds is 12. The lowest BCUT2D eigenvalue weighted by Gasteiger charge is -2.30. The van der Waals surface area contributed by atoms with Gasteiger partial charge in [-0.3, -0.25) is 15.0 Å². The molecule has 0 aliphatic carbocycles. The Labute approximate surface area is 261 Å². The Kier molecular flexibility index (Phi) is 9.82. The van der Waals surface area contributed by atoms with Crippen molar-refractivity contribution in [3.63, 3.8) is 0 Å². The fraction of sp³-hybridized carbons (Fsp3) is 0.303. The van der Waals surface area contributed by atoms with Crippen LogP contribution in [0.5, 0.6) is 5.75 Å². The Hall–Kier alpha value is -4.62. The molecule has 0 saturated carbocycles. The number of nitrogens with zero attached hydrogens (tertiary/aromatic N) is 2. The number of halogens is 5.